The summed E-state index contributed by atoms with van der Waals surface area (Å²) in [6, 6.07) is 36.5. The second-order valence-corrected chi connectivity index (χ2v) is 21.9. The highest BCUT2D eigenvalue weighted by Crippen LogP contribution is 2.46. The van der Waals surface area contributed by atoms with Crippen molar-refractivity contribution in [2.45, 2.75) is 87.4 Å². The van der Waals surface area contributed by atoms with Gasteiger partial charge in [0.25, 0.3) is 11.1 Å². The van der Waals surface area contributed by atoms with E-state index < -0.39 is 11.6 Å². The molecule has 6 aromatic carbocycles. The second kappa shape index (κ2) is 19.6. The quantitative estimate of drug-likeness (QED) is 0.180. The monoisotopic (exact) mass is 1070 g/mol. The maximum Gasteiger partial charge on any atom is 0.255 e. The van der Waals surface area contributed by atoms with Gasteiger partial charge in [-0.05, 0) is 177 Å². The van der Waals surface area contributed by atoms with E-state index in [-0.39, 0.29) is 11.1 Å². The number of nitrogens with one attached hydrogen (secondary N) is 1. The van der Waals surface area contributed by atoms with Crippen LogP contribution in [0.3, 0.4) is 0 Å². The lowest BCUT2D eigenvalue weighted by atomic mass is 9.83. The Morgan fingerprint density at radius 1 is 0.465 bits per heavy atom. The predicted molar refractivity (Wildman–Crippen MR) is 288 cm³/mol. The van der Waals surface area contributed by atoms with Gasteiger partial charge < -0.3 is 10.2 Å². The van der Waals surface area contributed by atoms with E-state index in [2.05, 4.69) is 41.5 Å². The van der Waals surface area contributed by atoms with Crippen molar-refractivity contribution in [2.75, 3.05) is 7.05 Å². The van der Waals surface area contributed by atoms with Gasteiger partial charge >= 0.3 is 0 Å². The first kappa shape index (κ1) is 48.5. The molecule has 2 aromatic heterocycles. The molecule has 6 heterocycles. The van der Waals surface area contributed by atoms with E-state index in [1.54, 1.807) is 69.8 Å². The van der Waals surface area contributed by atoms with Gasteiger partial charge in [-0.1, -0.05) is 93.9 Å². The molecule has 4 aliphatic heterocycles. The lowest BCUT2D eigenvalue weighted by molar-refractivity contribution is 0.162. The highest BCUT2D eigenvalue weighted by molar-refractivity contribution is 6.39. The van der Waals surface area contributed by atoms with Crippen LogP contribution >= 0.6 is 69.6 Å². The number of fused-ring (bicyclic) bond motifs is 6. The Balaban J connectivity index is 0.000000154. The SMILES string of the molecule is CN1C2CCC1CC(c1cc(-c3ccc(F)cc3Cl)c3ccc(=O)n(-c4c(Cl)cccc4Cl)c3c1)C2.O=c1ccc2c(-c3ccc(F)cc3Cl)cc(C3CC4CCC(C3)N4)cc2n1-c1c(Cl)cccc1Cl. The van der Waals surface area contributed by atoms with Crippen molar-refractivity contribution >= 4 is 91.4 Å². The number of rotatable bonds is 6. The highest BCUT2D eigenvalue weighted by Gasteiger charge is 2.39. The minimum absolute atomic E-state index is 0.228. The van der Waals surface area contributed by atoms with E-state index in [4.69, 9.17) is 69.6 Å². The number of benzene rings is 6. The molecule has 0 amide bonds. The summed E-state index contributed by atoms with van der Waals surface area (Å²) in [6.45, 7) is 0. The van der Waals surface area contributed by atoms with E-state index in [9.17, 15) is 18.4 Å². The number of piperidine rings is 2. The summed E-state index contributed by atoms with van der Waals surface area (Å²) in [5.74, 6) is -0.113. The number of hydrogen-bond donors (Lipinski definition) is 1. The van der Waals surface area contributed by atoms with Crippen molar-refractivity contribution in [2.24, 2.45) is 0 Å². The van der Waals surface area contributed by atoms with Crippen LogP contribution in [0.15, 0.2) is 131 Å². The van der Waals surface area contributed by atoms with Crippen LogP contribution in [0.4, 0.5) is 8.78 Å². The Labute approximate surface area is 439 Å². The average Bonchev–Trinajstić information content (AvgIpc) is 3.76. The molecule has 1 N–H and O–H groups in total. The van der Waals surface area contributed by atoms with E-state index in [1.807, 2.05) is 0 Å². The second-order valence-electron chi connectivity index (χ2n) is 19.4. The van der Waals surface area contributed by atoms with Gasteiger partial charge in [0.15, 0.2) is 0 Å². The molecule has 4 aliphatic rings. The van der Waals surface area contributed by atoms with Gasteiger partial charge in [-0.3, -0.25) is 18.7 Å². The van der Waals surface area contributed by atoms with Gasteiger partial charge in [0.2, 0.25) is 0 Å². The van der Waals surface area contributed by atoms with Crippen LogP contribution in [0.25, 0.3) is 55.4 Å². The molecule has 0 aliphatic carbocycles. The molecule has 14 heteroatoms. The molecule has 0 radical (unpaired) electrons. The Morgan fingerprint density at radius 3 is 1.28 bits per heavy atom. The summed E-state index contributed by atoms with van der Waals surface area (Å²) in [4.78, 5) is 29.1. The maximum absolute atomic E-state index is 13.9. The molecule has 4 bridgehead atoms. The normalized spacial score (nSPS) is 21.7. The smallest absolute Gasteiger partial charge is 0.255 e. The number of nitrogens with zero attached hydrogens (tertiary/aromatic N) is 3. The molecular weight excluding hydrogens is 1020 g/mol. The van der Waals surface area contributed by atoms with E-state index in [0.29, 0.717) is 94.1 Å². The van der Waals surface area contributed by atoms with Crippen molar-refractivity contribution < 1.29 is 8.78 Å². The van der Waals surface area contributed by atoms with Crippen LogP contribution in [-0.4, -0.2) is 45.2 Å². The van der Waals surface area contributed by atoms with E-state index >= 15 is 0 Å². The van der Waals surface area contributed by atoms with Crippen molar-refractivity contribution in [3.05, 3.63) is 195 Å². The molecule has 0 saturated carbocycles. The minimum atomic E-state index is -0.395. The number of aromatic nitrogens is 2. The first-order valence-electron chi connectivity index (χ1n) is 23.9. The van der Waals surface area contributed by atoms with Crippen molar-refractivity contribution in [3.63, 3.8) is 0 Å². The molecule has 6 nitrogen and oxygen atoms in total. The maximum atomic E-state index is 13.9. The molecule has 4 saturated heterocycles. The van der Waals surface area contributed by atoms with Crippen molar-refractivity contribution in [1.82, 2.24) is 19.4 Å². The lowest BCUT2D eigenvalue weighted by Crippen LogP contribution is -2.39. The summed E-state index contributed by atoms with van der Waals surface area (Å²) in [7, 11) is 2.22. The van der Waals surface area contributed by atoms with Crippen molar-refractivity contribution in [1.29, 1.82) is 0 Å². The topological polar surface area (TPSA) is 59.3 Å². The summed E-state index contributed by atoms with van der Waals surface area (Å²) in [6.07, 6.45) is 8.96. The fraction of sp³-hybridized carbons (Fsp3) is 0.263. The first-order chi connectivity index (χ1) is 34.2. The molecule has 0 spiro atoms. The summed E-state index contributed by atoms with van der Waals surface area (Å²) in [5.41, 5.74) is 7.27. The third kappa shape index (κ3) is 9.12. The van der Waals surface area contributed by atoms with Gasteiger partial charge in [0, 0.05) is 58.2 Å². The number of hydrogen-bond acceptors (Lipinski definition) is 4. The Morgan fingerprint density at radius 2 is 0.873 bits per heavy atom. The van der Waals surface area contributed by atoms with Gasteiger partial charge in [0.05, 0.1) is 52.5 Å². The zero-order chi connectivity index (χ0) is 49.4. The largest absolute Gasteiger partial charge is 0.311 e. The minimum Gasteiger partial charge on any atom is -0.311 e. The van der Waals surface area contributed by atoms with Crippen LogP contribution in [0, 0.1) is 11.6 Å². The van der Waals surface area contributed by atoms with Gasteiger partial charge in [-0.15, -0.1) is 0 Å². The van der Waals surface area contributed by atoms with Crippen LogP contribution in [0.2, 0.25) is 30.1 Å². The molecule has 362 valence electrons. The molecule has 71 heavy (non-hydrogen) atoms. The molecule has 4 unspecified atom stereocenters. The van der Waals surface area contributed by atoms with Crippen LogP contribution < -0.4 is 16.4 Å². The summed E-state index contributed by atoms with van der Waals surface area (Å²) >= 11 is 39.4. The molecule has 4 atom stereocenters. The third-order valence-electron chi connectivity index (χ3n) is 15.3. The summed E-state index contributed by atoms with van der Waals surface area (Å²) < 4.78 is 31.0. The zero-order valence-corrected chi connectivity index (χ0v) is 42.9. The van der Waals surface area contributed by atoms with Crippen molar-refractivity contribution in [3.8, 4) is 33.6 Å². The van der Waals surface area contributed by atoms with Crippen LogP contribution in [0.5, 0.6) is 0 Å². The standard InChI is InChI=1S/C29H24Cl3FN2O.C28H22Cl3FN2O/c1-34-19-6-7-20(34)12-16(11-19)17-13-23(21-8-5-18(33)15-26(21)32)22-9-10-28(36)35(27(22)14-17)29-24(30)3-2-4-25(29)31;29-23-2-1-3-24(30)28(23)34-26-13-16(15-10-18-5-6-19(11-15)33-18)12-22(21(26)8-9-27(34)35)20-7-4-17(32)14-25(20)31/h2-5,8-10,13-16,19-20H,6-7,11-12H2,1H3;1-4,7-9,12-15,18-19,33H,5-6,10-11H2. The van der Waals surface area contributed by atoms with E-state index in [1.165, 1.54) is 62.1 Å². The van der Waals surface area contributed by atoms with Crippen LogP contribution in [0.1, 0.15) is 74.3 Å². The summed E-state index contributed by atoms with van der Waals surface area (Å²) in [5, 5.41) is 7.53. The predicted octanol–water partition coefficient (Wildman–Crippen LogP) is 15.9. The molecular formula is C57H46Cl6F2N4O2. The molecule has 8 aromatic rings. The van der Waals surface area contributed by atoms with Gasteiger partial charge in [-0.25, -0.2) is 8.78 Å². The fourth-order valence-electron chi connectivity index (χ4n) is 11.9. The fourth-order valence-corrected chi connectivity index (χ4v) is 13.6. The molecule has 4 fully saturated rings. The highest BCUT2D eigenvalue weighted by atomic mass is 35.5. The molecule has 12 rings (SSSR count). The Bertz CT molecular complexity index is 3500. The number of halogens is 8. The first-order valence-corrected chi connectivity index (χ1v) is 26.1. The average molecular weight is 1070 g/mol. The van der Waals surface area contributed by atoms with Crippen LogP contribution in [-0.2, 0) is 0 Å². The number of pyridine rings is 2. The Kier molecular flexibility index (Phi) is 13.4. The lowest BCUT2D eigenvalue weighted by Gasteiger charge is -2.37. The van der Waals surface area contributed by atoms with Gasteiger partial charge in [0.1, 0.15) is 11.6 Å². The van der Waals surface area contributed by atoms with E-state index in [0.717, 1.165) is 64.3 Å². The van der Waals surface area contributed by atoms with Gasteiger partial charge in [-0.2, -0.15) is 0 Å². The Hall–Kier alpha value is -4.74. The zero-order valence-electron chi connectivity index (χ0n) is 38.3. The number of para-hydroxylation sites is 2. The third-order valence-corrected chi connectivity index (χ3v) is 17.2.